The highest BCUT2D eigenvalue weighted by molar-refractivity contribution is 5.99. The van der Waals surface area contributed by atoms with Crippen LogP contribution in [0.2, 0.25) is 0 Å². The predicted molar refractivity (Wildman–Crippen MR) is 152 cm³/mol. The summed E-state index contributed by atoms with van der Waals surface area (Å²) in [6.07, 6.45) is 3.40. The van der Waals surface area contributed by atoms with Crippen molar-refractivity contribution >= 4 is 17.8 Å². The number of aliphatic hydroxyl groups is 1. The smallest absolute Gasteiger partial charge is 0.312 e. The zero-order chi connectivity index (χ0) is 29.7. The molecule has 40 heavy (non-hydrogen) atoms. The fraction of sp³-hybridized carbons (Fsp3) is 0.656. The van der Waals surface area contributed by atoms with Crippen LogP contribution < -0.4 is 0 Å². The van der Waals surface area contributed by atoms with Crippen molar-refractivity contribution in [2.75, 3.05) is 19.8 Å². The average Bonchev–Trinajstić information content (AvgIpc) is 3.43. The SMILES string of the molecule is C=CCN(C(=O)C1N([C@H](CO)c2ccccc2)C(=O)[C@@H]2[C@@H](C(=O)OCC)[C@@]3(C)CCC12O3)C(C)(C)CC(C)(C)C. The lowest BCUT2D eigenvalue weighted by Gasteiger charge is -2.46. The van der Waals surface area contributed by atoms with E-state index in [4.69, 9.17) is 9.47 Å². The van der Waals surface area contributed by atoms with Gasteiger partial charge in [-0.15, -0.1) is 6.58 Å². The summed E-state index contributed by atoms with van der Waals surface area (Å²) < 4.78 is 12.2. The number of hydrogen-bond donors (Lipinski definition) is 1. The molecule has 1 spiro atoms. The van der Waals surface area contributed by atoms with E-state index in [0.717, 1.165) is 0 Å². The Morgan fingerprint density at radius 2 is 1.88 bits per heavy atom. The van der Waals surface area contributed by atoms with Crippen molar-refractivity contribution in [2.45, 2.75) is 96.6 Å². The number of ether oxygens (including phenoxy) is 2. The van der Waals surface area contributed by atoms with Crippen LogP contribution in [0, 0.1) is 17.3 Å². The van der Waals surface area contributed by atoms with E-state index in [0.29, 0.717) is 24.8 Å². The van der Waals surface area contributed by atoms with Gasteiger partial charge in [-0.2, -0.15) is 0 Å². The number of benzene rings is 1. The number of amides is 2. The summed E-state index contributed by atoms with van der Waals surface area (Å²) in [5.74, 6) is -2.80. The molecule has 0 radical (unpaired) electrons. The number of fused-ring (bicyclic) bond motifs is 1. The van der Waals surface area contributed by atoms with Crippen LogP contribution in [0.15, 0.2) is 43.0 Å². The third-order valence-corrected chi connectivity index (χ3v) is 8.95. The van der Waals surface area contributed by atoms with Crippen molar-refractivity contribution < 1.29 is 29.0 Å². The second kappa shape index (κ2) is 10.6. The van der Waals surface area contributed by atoms with E-state index in [-0.39, 0.29) is 37.0 Å². The Hall–Kier alpha value is -2.71. The molecule has 1 aromatic carbocycles. The zero-order valence-electron chi connectivity index (χ0n) is 25.1. The molecule has 2 bridgehead atoms. The quantitative estimate of drug-likeness (QED) is 0.343. The lowest BCUT2D eigenvalue weighted by molar-refractivity contribution is -0.163. The number of nitrogens with zero attached hydrogens (tertiary/aromatic N) is 2. The van der Waals surface area contributed by atoms with E-state index in [2.05, 4.69) is 27.4 Å². The predicted octanol–water partition coefficient (Wildman–Crippen LogP) is 4.28. The molecule has 0 saturated carbocycles. The number of rotatable bonds is 10. The maximum Gasteiger partial charge on any atom is 0.312 e. The standard InChI is InChI=1S/C32H46N2O6/c1-9-18-33(30(6,7)20-29(3,4)5)27(37)25-32-17-16-31(8,40-32)24(28(38)39-10-2)23(32)26(36)34(25)22(19-35)21-14-12-11-13-15-21/h9,11-15,22-25,35H,1,10,16-20H2,2-8H3/t22-,23+,24+,25?,31-,32?/m1/s1. The molecule has 1 N–H and O–H groups in total. The van der Waals surface area contributed by atoms with Gasteiger partial charge >= 0.3 is 5.97 Å². The topological polar surface area (TPSA) is 96.4 Å². The van der Waals surface area contributed by atoms with Gasteiger partial charge in [-0.3, -0.25) is 14.4 Å². The van der Waals surface area contributed by atoms with E-state index in [1.165, 1.54) is 4.90 Å². The Kier molecular flexibility index (Phi) is 8.02. The van der Waals surface area contributed by atoms with Crippen LogP contribution >= 0.6 is 0 Å². The van der Waals surface area contributed by atoms with Crippen molar-refractivity contribution in [3.8, 4) is 0 Å². The number of likely N-dealkylation sites (tertiary alicyclic amines) is 1. The summed E-state index contributed by atoms with van der Waals surface area (Å²) in [7, 11) is 0. The maximum absolute atomic E-state index is 14.9. The highest BCUT2D eigenvalue weighted by Crippen LogP contribution is 2.64. The number of esters is 1. The van der Waals surface area contributed by atoms with E-state index >= 15 is 0 Å². The Morgan fingerprint density at radius 1 is 1.23 bits per heavy atom. The van der Waals surface area contributed by atoms with Gasteiger partial charge in [0.15, 0.2) is 0 Å². The highest BCUT2D eigenvalue weighted by Gasteiger charge is 2.79. The van der Waals surface area contributed by atoms with E-state index in [1.54, 1.807) is 17.9 Å². The van der Waals surface area contributed by atoms with Gasteiger partial charge < -0.3 is 24.4 Å². The summed E-state index contributed by atoms with van der Waals surface area (Å²) in [5.41, 5.74) is -2.05. The van der Waals surface area contributed by atoms with Crippen LogP contribution in [0.3, 0.4) is 0 Å². The van der Waals surface area contributed by atoms with Gasteiger partial charge in [0.1, 0.15) is 17.6 Å². The summed E-state index contributed by atoms with van der Waals surface area (Å²) >= 11 is 0. The van der Waals surface area contributed by atoms with Crippen LogP contribution in [0.25, 0.3) is 0 Å². The molecule has 6 atom stereocenters. The van der Waals surface area contributed by atoms with Crippen molar-refractivity contribution in [1.29, 1.82) is 0 Å². The molecule has 4 rings (SSSR count). The largest absolute Gasteiger partial charge is 0.466 e. The second-order valence-electron chi connectivity index (χ2n) is 13.6. The van der Waals surface area contributed by atoms with Crippen LogP contribution in [-0.2, 0) is 23.9 Å². The van der Waals surface area contributed by atoms with Gasteiger partial charge in [0.05, 0.1) is 30.8 Å². The molecule has 0 aromatic heterocycles. The molecule has 0 aliphatic carbocycles. The Labute approximate surface area is 238 Å². The van der Waals surface area contributed by atoms with Crippen LogP contribution in [0.4, 0.5) is 0 Å². The Bertz CT molecular complexity index is 1140. The summed E-state index contributed by atoms with van der Waals surface area (Å²) in [6.45, 7) is 18.1. The molecule has 3 aliphatic rings. The van der Waals surface area contributed by atoms with E-state index < -0.39 is 46.6 Å². The van der Waals surface area contributed by atoms with Crippen LogP contribution in [-0.4, -0.2) is 75.2 Å². The van der Waals surface area contributed by atoms with Crippen molar-refractivity contribution in [3.05, 3.63) is 48.6 Å². The van der Waals surface area contributed by atoms with E-state index in [1.807, 2.05) is 51.1 Å². The minimum absolute atomic E-state index is 0.0718. The number of carbonyl (C=O) groups excluding carboxylic acids is 3. The average molecular weight is 555 g/mol. The molecule has 3 saturated heterocycles. The highest BCUT2D eigenvalue weighted by atomic mass is 16.6. The molecular formula is C32H46N2O6. The molecular weight excluding hydrogens is 508 g/mol. The molecule has 3 heterocycles. The van der Waals surface area contributed by atoms with Gasteiger partial charge in [0.25, 0.3) is 0 Å². The summed E-state index contributed by atoms with van der Waals surface area (Å²) in [5, 5.41) is 10.7. The second-order valence-corrected chi connectivity index (χ2v) is 13.6. The minimum atomic E-state index is -1.21. The first-order valence-corrected chi connectivity index (χ1v) is 14.4. The van der Waals surface area contributed by atoms with Crippen molar-refractivity contribution in [2.24, 2.45) is 17.3 Å². The maximum atomic E-state index is 14.9. The molecule has 8 nitrogen and oxygen atoms in total. The fourth-order valence-corrected chi connectivity index (χ4v) is 7.90. The first-order valence-electron chi connectivity index (χ1n) is 14.4. The molecule has 220 valence electrons. The van der Waals surface area contributed by atoms with Gasteiger partial charge in [-0.05, 0) is 57.9 Å². The number of hydrogen-bond acceptors (Lipinski definition) is 6. The molecule has 3 aliphatic heterocycles. The fourth-order valence-electron chi connectivity index (χ4n) is 7.90. The first-order chi connectivity index (χ1) is 18.7. The molecule has 1 aromatic rings. The van der Waals surface area contributed by atoms with Crippen molar-refractivity contribution in [1.82, 2.24) is 9.80 Å². The van der Waals surface area contributed by atoms with E-state index in [9.17, 15) is 19.5 Å². The summed E-state index contributed by atoms with van der Waals surface area (Å²) in [6, 6.07) is 7.43. The number of carbonyl (C=O) groups is 3. The normalized spacial score (nSPS) is 30.2. The monoisotopic (exact) mass is 554 g/mol. The lowest BCUT2D eigenvalue weighted by Crippen LogP contribution is -2.61. The van der Waals surface area contributed by atoms with Crippen LogP contribution in [0.1, 0.15) is 79.3 Å². The third-order valence-electron chi connectivity index (χ3n) is 8.95. The third kappa shape index (κ3) is 4.87. The summed E-state index contributed by atoms with van der Waals surface area (Å²) in [4.78, 5) is 46.1. The van der Waals surface area contributed by atoms with Crippen LogP contribution in [0.5, 0.6) is 0 Å². The molecule has 8 heteroatoms. The molecule has 2 unspecified atom stereocenters. The lowest BCUT2D eigenvalue weighted by atomic mass is 9.66. The molecule has 3 fully saturated rings. The number of aliphatic hydroxyl groups excluding tert-OH is 1. The minimum Gasteiger partial charge on any atom is -0.466 e. The Balaban J connectivity index is 1.89. The molecule has 2 amide bonds. The van der Waals surface area contributed by atoms with Crippen molar-refractivity contribution in [3.63, 3.8) is 0 Å². The Morgan fingerprint density at radius 3 is 2.42 bits per heavy atom. The first kappa shape index (κ1) is 30.3. The van der Waals surface area contributed by atoms with Gasteiger partial charge in [-0.1, -0.05) is 57.2 Å². The van der Waals surface area contributed by atoms with Gasteiger partial charge in [0, 0.05) is 12.1 Å². The zero-order valence-corrected chi connectivity index (χ0v) is 25.1. The van der Waals surface area contributed by atoms with Gasteiger partial charge in [0.2, 0.25) is 11.8 Å². The van der Waals surface area contributed by atoms with Gasteiger partial charge in [-0.25, -0.2) is 0 Å².